The monoisotopic (exact) mass is 535 g/mol. The third-order valence-electron chi connectivity index (χ3n) is 9.11. The Kier molecular flexibility index (Phi) is 6.22. The van der Waals surface area contributed by atoms with Crippen molar-refractivity contribution in [3.63, 3.8) is 0 Å². The molecule has 2 atom stereocenters. The second-order valence-corrected chi connectivity index (χ2v) is 12.1. The molecular weight excluding hydrogens is 503 g/mol. The van der Waals surface area contributed by atoms with E-state index >= 15 is 0 Å². The Morgan fingerprint density at radius 1 is 1.08 bits per heavy atom. The normalized spacial score (nSPS) is 31.6. The van der Waals surface area contributed by atoms with Crippen molar-refractivity contribution in [2.24, 2.45) is 23.2 Å². The summed E-state index contributed by atoms with van der Waals surface area (Å²) < 4.78 is 44.4. The second kappa shape index (κ2) is 9.19. The van der Waals surface area contributed by atoms with E-state index in [1.807, 2.05) is 18.2 Å². The van der Waals surface area contributed by atoms with Crippen LogP contribution in [-0.2, 0) is 6.18 Å². The van der Waals surface area contributed by atoms with E-state index in [-0.39, 0.29) is 5.95 Å². The molecule has 6 nitrogen and oxygen atoms in total. The molecule has 1 aromatic carbocycles. The molecule has 0 amide bonds. The largest absolute Gasteiger partial charge is 0.494 e. The van der Waals surface area contributed by atoms with Crippen LogP contribution in [0.25, 0.3) is 0 Å². The van der Waals surface area contributed by atoms with Gasteiger partial charge in [-0.2, -0.15) is 13.2 Å². The Morgan fingerprint density at radius 2 is 1.78 bits per heavy atom. The smallest absolute Gasteiger partial charge is 0.420 e. The number of benzene rings is 1. The van der Waals surface area contributed by atoms with E-state index in [0.29, 0.717) is 23.0 Å². The van der Waals surface area contributed by atoms with Gasteiger partial charge in [0.05, 0.1) is 12.8 Å². The van der Waals surface area contributed by atoms with Crippen LogP contribution in [0.15, 0.2) is 24.4 Å². The van der Waals surface area contributed by atoms with Gasteiger partial charge in [-0.25, -0.2) is 9.97 Å². The summed E-state index contributed by atoms with van der Waals surface area (Å²) in [6.07, 6.45) is 3.20. The van der Waals surface area contributed by atoms with Gasteiger partial charge < -0.3 is 15.0 Å². The summed E-state index contributed by atoms with van der Waals surface area (Å²) >= 11 is 5.74. The lowest BCUT2D eigenvalue weighted by Gasteiger charge is -2.62. The number of ether oxygens (including phenoxy) is 1. The van der Waals surface area contributed by atoms with Crippen LogP contribution in [0.3, 0.4) is 0 Å². The number of nitrogens with zero attached hydrogens (tertiary/aromatic N) is 4. The number of piperazine rings is 1. The van der Waals surface area contributed by atoms with Crippen LogP contribution in [0, 0.1) is 23.2 Å². The maximum atomic E-state index is 13.0. The predicted octanol–water partition coefficient (Wildman–Crippen LogP) is 6.24. The Hall–Kier alpha value is -2.26. The Morgan fingerprint density at radius 3 is 2.38 bits per heavy atom. The molecule has 1 saturated heterocycles. The lowest BCUT2D eigenvalue weighted by molar-refractivity contribution is -0.137. The van der Waals surface area contributed by atoms with Gasteiger partial charge in [0, 0.05) is 50.2 Å². The highest BCUT2D eigenvalue weighted by Crippen LogP contribution is 2.60. The molecule has 200 valence electrons. The van der Waals surface area contributed by atoms with Crippen molar-refractivity contribution in [3.8, 4) is 5.75 Å². The number of methoxy groups -OCH3 is 1. The van der Waals surface area contributed by atoms with Gasteiger partial charge in [-0.3, -0.25) is 4.90 Å². The molecule has 0 radical (unpaired) electrons. The number of halogens is 4. The molecular formula is C27H33ClF3N5O. The van der Waals surface area contributed by atoms with Gasteiger partial charge in [-0.1, -0.05) is 18.5 Å². The first-order chi connectivity index (χ1) is 17.6. The molecule has 37 heavy (non-hydrogen) atoms. The van der Waals surface area contributed by atoms with Gasteiger partial charge in [0.15, 0.2) is 0 Å². The maximum Gasteiger partial charge on any atom is 0.420 e. The van der Waals surface area contributed by atoms with Crippen molar-refractivity contribution in [2.45, 2.75) is 51.2 Å². The van der Waals surface area contributed by atoms with Crippen molar-refractivity contribution in [1.82, 2.24) is 14.9 Å². The average Bonchev–Trinajstić information content (AvgIpc) is 2.83. The zero-order valence-electron chi connectivity index (χ0n) is 21.2. The molecule has 1 aliphatic heterocycles. The van der Waals surface area contributed by atoms with Crippen molar-refractivity contribution >= 4 is 28.9 Å². The number of nitrogens with one attached hydrogen (secondary N) is 1. The van der Waals surface area contributed by atoms with Gasteiger partial charge in [-0.15, -0.1) is 0 Å². The molecule has 2 unspecified atom stereocenters. The highest BCUT2D eigenvalue weighted by molar-refractivity contribution is 6.30. The first-order valence-corrected chi connectivity index (χ1v) is 13.5. The molecule has 1 aromatic heterocycles. The van der Waals surface area contributed by atoms with Gasteiger partial charge >= 0.3 is 6.18 Å². The molecule has 2 aromatic rings. The van der Waals surface area contributed by atoms with E-state index < -0.39 is 16.9 Å². The first-order valence-electron chi connectivity index (χ1n) is 13.2. The minimum Gasteiger partial charge on any atom is -0.494 e. The topological polar surface area (TPSA) is 53.5 Å². The fraction of sp³-hybridized carbons (Fsp3) is 0.630. The van der Waals surface area contributed by atoms with Crippen LogP contribution in [0.4, 0.5) is 30.5 Å². The van der Waals surface area contributed by atoms with Crippen molar-refractivity contribution < 1.29 is 17.9 Å². The lowest BCUT2D eigenvalue weighted by Crippen LogP contribution is -2.62. The third-order valence-corrected chi connectivity index (χ3v) is 9.40. The molecule has 2 heterocycles. The molecule has 5 fully saturated rings. The Labute approximate surface area is 220 Å². The summed E-state index contributed by atoms with van der Waals surface area (Å²) in [6.45, 7) is 6.59. The summed E-state index contributed by atoms with van der Waals surface area (Å²) in [5.41, 5.74) is 1.15. The summed E-state index contributed by atoms with van der Waals surface area (Å²) in [5.74, 6) is 3.24. The predicted molar refractivity (Wildman–Crippen MR) is 138 cm³/mol. The zero-order valence-corrected chi connectivity index (χ0v) is 21.9. The van der Waals surface area contributed by atoms with E-state index in [1.54, 1.807) is 7.11 Å². The fourth-order valence-corrected chi connectivity index (χ4v) is 8.23. The lowest BCUT2D eigenvalue weighted by atomic mass is 9.48. The third kappa shape index (κ3) is 4.73. The number of rotatable bonds is 5. The number of hydrogen-bond donors (Lipinski definition) is 1. The van der Waals surface area contributed by atoms with E-state index in [2.05, 4.69) is 32.0 Å². The van der Waals surface area contributed by atoms with Gasteiger partial charge in [0.25, 0.3) is 0 Å². The van der Waals surface area contributed by atoms with Crippen molar-refractivity contribution in [1.29, 1.82) is 0 Å². The molecule has 0 spiro atoms. The highest BCUT2D eigenvalue weighted by atomic mass is 35.5. The van der Waals surface area contributed by atoms with Gasteiger partial charge in [0.1, 0.15) is 16.5 Å². The maximum absolute atomic E-state index is 13.0. The molecule has 5 aliphatic rings. The molecule has 7 rings (SSSR count). The molecule has 10 heteroatoms. The van der Waals surface area contributed by atoms with Crippen LogP contribution in [0.5, 0.6) is 5.75 Å². The van der Waals surface area contributed by atoms with Crippen LogP contribution < -0.4 is 15.0 Å². The second-order valence-electron chi connectivity index (χ2n) is 11.7. The van der Waals surface area contributed by atoms with E-state index in [4.69, 9.17) is 16.3 Å². The van der Waals surface area contributed by atoms with Gasteiger partial charge in [0.2, 0.25) is 5.95 Å². The molecule has 4 aliphatic carbocycles. The minimum atomic E-state index is -4.60. The summed E-state index contributed by atoms with van der Waals surface area (Å²) in [4.78, 5) is 12.7. The Balaban J connectivity index is 1.11. The summed E-state index contributed by atoms with van der Waals surface area (Å²) in [5, 5.41) is 2.28. The van der Waals surface area contributed by atoms with Crippen LogP contribution in [-0.4, -0.2) is 54.2 Å². The number of aromatic nitrogens is 2. The number of anilines is 3. The Bertz CT molecular complexity index is 1150. The van der Waals surface area contributed by atoms with E-state index in [1.165, 1.54) is 32.1 Å². The van der Waals surface area contributed by atoms with Gasteiger partial charge in [-0.05, 0) is 67.4 Å². The summed E-state index contributed by atoms with van der Waals surface area (Å²) in [7, 11) is 1.57. The quantitative estimate of drug-likeness (QED) is 0.458. The van der Waals surface area contributed by atoms with Crippen LogP contribution >= 0.6 is 11.6 Å². The van der Waals surface area contributed by atoms with E-state index in [0.717, 1.165) is 55.7 Å². The van der Waals surface area contributed by atoms with Crippen LogP contribution in [0.2, 0.25) is 5.15 Å². The number of hydrogen-bond acceptors (Lipinski definition) is 6. The van der Waals surface area contributed by atoms with Crippen LogP contribution in [0.1, 0.15) is 44.6 Å². The van der Waals surface area contributed by atoms with Crippen molar-refractivity contribution in [3.05, 3.63) is 35.1 Å². The van der Waals surface area contributed by atoms with E-state index in [9.17, 15) is 13.2 Å². The number of alkyl halides is 3. The highest BCUT2D eigenvalue weighted by Gasteiger charge is 2.54. The first kappa shape index (κ1) is 25.0. The summed E-state index contributed by atoms with van der Waals surface area (Å²) in [6, 6.07) is 6.54. The fourth-order valence-electron chi connectivity index (χ4n) is 7.99. The van der Waals surface area contributed by atoms with Crippen molar-refractivity contribution in [2.75, 3.05) is 43.5 Å². The average molecular weight is 536 g/mol. The SMILES string of the molecule is COc1cc(N2CCN(C3C4CC5CC3CC(C)(C5)C4)CC2)ccc1Nc1ncc(C(F)(F)F)c(Cl)n1. The standard InChI is InChI=1S/C27H33ClF3N5O/c1-26-12-16-9-17(13-26)23(18(10-16)14-26)36-7-5-35(6-8-36)19-3-4-21(22(11-19)37-2)33-25-32-15-20(24(28)34-25)27(29,30)31/h3-4,11,15-18,23H,5-10,12-14H2,1-2H3,(H,32,33,34). The zero-order chi connectivity index (χ0) is 25.9. The minimum absolute atomic E-state index is 0.0257. The molecule has 4 bridgehead atoms. The molecule has 4 saturated carbocycles. The molecule has 1 N–H and O–H groups in total.